The number of nitrogens with zero attached hydrogens (tertiary/aromatic N) is 5. The fraction of sp³-hybridized carbons (Fsp3) is 0.611. The van der Waals surface area contributed by atoms with E-state index in [1.54, 1.807) is 0 Å². The first kappa shape index (κ1) is 17.9. The highest BCUT2D eigenvalue weighted by Crippen LogP contribution is 2.32. The van der Waals surface area contributed by atoms with Gasteiger partial charge >= 0.3 is 0 Å². The predicted octanol–water partition coefficient (Wildman–Crippen LogP) is 2.34. The van der Waals surface area contributed by atoms with Crippen molar-refractivity contribution in [2.24, 2.45) is 0 Å². The van der Waals surface area contributed by atoms with E-state index in [1.165, 1.54) is 12.1 Å². The minimum atomic E-state index is -0.236. The lowest BCUT2D eigenvalue weighted by Crippen LogP contribution is -2.55. The van der Waals surface area contributed by atoms with Gasteiger partial charge in [-0.2, -0.15) is 0 Å². The van der Waals surface area contributed by atoms with Crippen LogP contribution in [0.1, 0.15) is 52.0 Å². The van der Waals surface area contributed by atoms with Crippen molar-refractivity contribution in [3.05, 3.63) is 41.5 Å². The van der Waals surface area contributed by atoms with Crippen molar-refractivity contribution < 1.29 is 4.39 Å². The van der Waals surface area contributed by atoms with Gasteiger partial charge in [-0.3, -0.25) is 4.90 Å². The number of aromatic nitrogens is 4. The zero-order valence-electron chi connectivity index (χ0n) is 15.6. The quantitative estimate of drug-likeness (QED) is 0.924. The first-order valence-corrected chi connectivity index (χ1v) is 8.80. The van der Waals surface area contributed by atoms with Crippen LogP contribution in [0.5, 0.6) is 0 Å². The summed E-state index contributed by atoms with van der Waals surface area (Å²) in [7, 11) is 0. The molecule has 1 saturated heterocycles. The summed E-state index contributed by atoms with van der Waals surface area (Å²) in [6.07, 6.45) is 0. The van der Waals surface area contributed by atoms with E-state index in [0.717, 1.165) is 24.5 Å². The largest absolute Gasteiger partial charge is 0.311 e. The van der Waals surface area contributed by atoms with Crippen LogP contribution in [0.4, 0.5) is 4.39 Å². The van der Waals surface area contributed by atoms with E-state index in [1.807, 2.05) is 16.8 Å². The van der Waals surface area contributed by atoms with E-state index in [4.69, 9.17) is 0 Å². The van der Waals surface area contributed by atoms with E-state index >= 15 is 0 Å². The van der Waals surface area contributed by atoms with Crippen LogP contribution >= 0.6 is 0 Å². The fourth-order valence-electron chi connectivity index (χ4n) is 3.39. The molecule has 3 rings (SSSR count). The Kier molecular flexibility index (Phi) is 4.88. The van der Waals surface area contributed by atoms with Crippen LogP contribution in [0.3, 0.4) is 0 Å². The van der Waals surface area contributed by atoms with Gasteiger partial charge in [-0.1, -0.05) is 12.1 Å². The molecule has 2 heterocycles. The molecule has 6 nitrogen and oxygen atoms in total. The molecule has 0 saturated carbocycles. The SMILES string of the molecule is C[C@@H]1CN[C@@H](C)CN1C(c1ccc(F)cc1)c1nnnn1C(C)(C)C. The highest BCUT2D eigenvalue weighted by molar-refractivity contribution is 5.26. The summed E-state index contributed by atoms with van der Waals surface area (Å²) in [4.78, 5) is 2.41. The van der Waals surface area contributed by atoms with Gasteiger partial charge in [0, 0.05) is 25.2 Å². The molecule has 1 fully saturated rings. The molecule has 0 spiro atoms. The number of rotatable bonds is 3. The van der Waals surface area contributed by atoms with Crippen LogP contribution in [-0.4, -0.2) is 50.3 Å². The third kappa shape index (κ3) is 3.72. The molecule has 1 unspecified atom stereocenters. The maximum Gasteiger partial charge on any atom is 0.173 e. The Bertz CT molecular complexity index is 705. The second kappa shape index (κ2) is 6.80. The van der Waals surface area contributed by atoms with Crippen LogP contribution in [0.2, 0.25) is 0 Å². The van der Waals surface area contributed by atoms with Crippen molar-refractivity contribution in [3.63, 3.8) is 0 Å². The highest BCUT2D eigenvalue weighted by atomic mass is 19.1. The predicted molar refractivity (Wildman–Crippen MR) is 94.7 cm³/mol. The zero-order chi connectivity index (χ0) is 18.2. The molecular formula is C18H27FN6. The van der Waals surface area contributed by atoms with Gasteiger partial charge in [0.05, 0.1) is 11.6 Å². The van der Waals surface area contributed by atoms with Crippen molar-refractivity contribution in [1.29, 1.82) is 0 Å². The lowest BCUT2D eigenvalue weighted by molar-refractivity contribution is 0.103. The fourth-order valence-corrected chi connectivity index (χ4v) is 3.39. The second-order valence-corrected chi connectivity index (χ2v) is 7.93. The van der Waals surface area contributed by atoms with Crippen molar-refractivity contribution in [1.82, 2.24) is 30.4 Å². The Morgan fingerprint density at radius 3 is 2.52 bits per heavy atom. The number of benzene rings is 1. The van der Waals surface area contributed by atoms with Gasteiger partial charge in [0.25, 0.3) is 0 Å². The van der Waals surface area contributed by atoms with Crippen LogP contribution in [0.15, 0.2) is 24.3 Å². The Labute approximate surface area is 148 Å². The number of tetrazole rings is 1. The van der Waals surface area contributed by atoms with Crippen molar-refractivity contribution >= 4 is 0 Å². The molecule has 0 radical (unpaired) electrons. The molecule has 0 bridgehead atoms. The van der Waals surface area contributed by atoms with E-state index in [2.05, 4.69) is 60.4 Å². The lowest BCUT2D eigenvalue weighted by Gasteiger charge is -2.42. The van der Waals surface area contributed by atoms with Crippen molar-refractivity contribution in [2.45, 2.75) is 58.3 Å². The smallest absolute Gasteiger partial charge is 0.173 e. The van der Waals surface area contributed by atoms with Crippen LogP contribution in [-0.2, 0) is 5.54 Å². The molecule has 25 heavy (non-hydrogen) atoms. The molecular weight excluding hydrogens is 319 g/mol. The third-order valence-corrected chi connectivity index (χ3v) is 4.70. The zero-order valence-corrected chi connectivity index (χ0v) is 15.6. The number of piperazine rings is 1. The van der Waals surface area contributed by atoms with Crippen LogP contribution in [0.25, 0.3) is 0 Å². The van der Waals surface area contributed by atoms with Crippen LogP contribution < -0.4 is 5.32 Å². The average molecular weight is 346 g/mol. The van der Waals surface area contributed by atoms with Gasteiger partial charge in [0.1, 0.15) is 5.82 Å². The summed E-state index contributed by atoms with van der Waals surface area (Å²) < 4.78 is 15.3. The van der Waals surface area contributed by atoms with Gasteiger partial charge in [0.2, 0.25) is 0 Å². The molecule has 136 valence electrons. The van der Waals surface area contributed by atoms with E-state index in [-0.39, 0.29) is 17.4 Å². The second-order valence-electron chi connectivity index (χ2n) is 7.93. The van der Waals surface area contributed by atoms with E-state index < -0.39 is 0 Å². The summed E-state index contributed by atoms with van der Waals surface area (Å²) in [6.45, 7) is 12.4. The molecule has 1 aliphatic rings. The Morgan fingerprint density at radius 1 is 1.20 bits per heavy atom. The monoisotopic (exact) mass is 346 g/mol. The summed E-state index contributed by atoms with van der Waals surface area (Å²) in [5, 5.41) is 16.0. The third-order valence-electron chi connectivity index (χ3n) is 4.70. The van der Waals surface area contributed by atoms with E-state index in [0.29, 0.717) is 12.1 Å². The van der Waals surface area contributed by atoms with Crippen molar-refractivity contribution in [2.75, 3.05) is 13.1 Å². The highest BCUT2D eigenvalue weighted by Gasteiger charge is 2.36. The van der Waals surface area contributed by atoms with Gasteiger partial charge in [-0.05, 0) is 62.7 Å². The van der Waals surface area contributed by atoms with Gasteiger partial charge < -0.3 is 5.32 Å². The molecule has 7 heteroatoms. The first-order valence-electron chi connectivity index (χ1n) is 8.80. The normalized spacial score (nSPS) is 23.6. The van der Waals surface area contributed by atoms with Crippen molar-refractivity contribution in [3.8, 4) is 0 Å². The number of hydrogen-bond donors (Lipinski definition) is 1. The van der Waals surface area contributed by atoms with Gasteiger partial charge in [0.15, 0.2) is 5.82 Å². The maximum absolute atomic E-state index is 13.5. The first-order chi connectivity index (χ1) is 11.8. The lowest BCUT2D eigenvalue weighted by atomic mass is 9.98. The molecule has 1 aliphatic heterocycles. The molecule has 2 aromatic rings. The number of nitrogens with one attached hydrogen (secondary N) is 1. The summed E-state index contributed by atoms with van der Waals surface area (Å²) in [5.74, 6) is 0.555. The Hall–Kier alpha value is -1.86. The number of halogens is 1. The maximum atomic E-state index is 13.5. The molecule has 3 atom stereocenters. The summed E-state index contributed by atoms with van der Waals surface area (Å²) in [6, 6.07) is 7.25. The van der Waals surface area contributed by atoms with Gasteiger partial charge in [-0.25, -0.2) is 9.07 Å². The summed E-state index contributed by atoms with van der Waals surface area (Å²) in [5.41, 5.74) is 0.766. The Balaban J connectivity index is 2.09. The minimum absolute atomic E-state index is 0.116. The van der Waals surface area contributed by atoms with Crippen LogP contribution in [0, 0.1) is 5.82 Å². The molecule has 0 amide bonds. The minimum Gasteiger partial charge on any atom is -0.311 e. The Morgan fingerprint density at radius 2 is 1.88 bits per heavy atom. The molecule has 0 aliphatic carbocycles. The molecule has 1 aromatic heterocycles. The summed E-state index contributed by atoms with van der Waals surface area (Å²) >= 11 is 0. The standard InChI is InChI=1S/C18H27FN6/c1-12-11-24(13(2)10-20-12)16(14-6-8-15(19)9-7-14)17-21-22-23-25(17)18(3,4)5/h6-9,12-13,16,20H,10-11H2,1-5H3/t12-,13+,16?/m0/s1. The molecule has 1 aromatic carbocycles. The average Bonchev–Trinajstić information content (AvgIpc) is 3.02. The molecule has 1 N–H and O–H groups in total. The van der Waals surface area contributed by atoms with Gasteiger partial charge in [-0.15, -0.1) is 5.10 Å². The number of hydrogen-bond acceptors (Lipinski definition) is 5. The van der Waals surface area contributed by atoms with E-state index in [9.17, 15) is 4.39 Å². The topological polar surface area (TPSA) is 58.9 Å².